The minimum atomic E-state index is -0.625. The van der Waals surface area contributed by atoms with Crippen molar-refractivity contribution in [1.82, 2.24) is 15.0 Å². The van der Waals surface area contributed by atoms with E-state index in [1.807, 2.05) is 0 Å². The van der Waals surface area contributed by atoms with Crippen LogP contribution in [-0.4, -0.2) is 15.0 Å². The number of anilines is 2. The summed E-state index contributed by atoms with van der Waals surface area (Å²) >= 11 is 5.92. The van der Waals surface area contributed by atoms with Crippen molar-refractivity contribution in [3.8, 4) is 11.4 Å². The van der Waals surface area contributed by atoms with Gasteiger partial charge < -0.3 is 11.1 Å². The van der Waals surface area contributed by atoms with Crippen molar-refractivity contribution in [3.63, 3.8) is 0 Å². The van der Waals surface area contributed by atoms with E-state index in [1.54, 1.807) is 12.1 Å². The van der Waals surface area contributed by atoms with Gasteiger partial charge in [0.25, 0.3) is 0 Å². The Balaban J connectivity index is 1.82. The maximum Gasteiger partial charge on any atom is 0.165 e. The van der Waals surface area contributed by atoms with Crippen molar-refractivity contribution in [2.45, 2.75) is 6.54 Å². The SMILES string of the molecule is Nc1ncc(Cl)cc1-c1nccc(NCc2ccc(F)cc2F)n1. The first kappa shape index (κ1) is 16.1. The molecule has 0 fully saturated rings. The Morgan fingerprint density at radius 2 is 1.96 bits per heavy atom. The van der Waals surface area contributed by atoms with E-state index in [4.69, 9.17) is 17.3 Å². The van der Waals surface area contributed by atoms with Gasteiger partial charge in [0.2, 0.25) is 0 Å². The molecular weight excluding hydrogens is 336 g/mol. The number of aromatic nitrogens is 3. The Bertz CT molecular complexity index is 888. The summed E-state index contributed by atoms with van der Waals surface area (Å²) < 4.78 is 26.6. The van der Waals surface area contributed by atoms with Gasteiger partial charge in [-0.25, -0.2) is 23.7 Å². The van der Waals surface area contributed by atoms with E-state index in [0.717, 1.165) is 6.07 Å². The molecule has 0 aliphatic rings. The summed E-state index contributed by atoms with van der Waals surface area (Å²) in [6.45, 7) is 0.145. The second-order valence-corrected chi connectivity index (χ2v) is 5.38. The zero-order valence-electron chi connectivity index (χ0n) is 12.3. The molecular formula is C16H12ClF2N5. The van der Waals surface area contributed by atoms with Gasteiger partial charge in [-0.3, -0.25) is 0 Å². The number of halogens is 3. The van der Waals surface area contributed by atoms with Crippen LogP contribution >= 0.6 is 11.6 Å². The average Bonchev–Trinajstić information content (AvgIpc) is 2.56. The van der Waals surface area contributed by atoms with Gasteiger partial charge in [-0.2, -0.15) is 0 Å². The molecule has 0 aliphatic heterocycles. The first-order valence-electron chi connectivity index (χ1n) is 6.95. The van der Waals surface area contributed by atoms with Gasteiger partial charge in [0.05, 0.1) is 10.6 Å². The molecule has 0 spiro atoms. The van der Waals surface area contributed by atoms with E-state index < -0.39 is 11.6 Å². The molecule has 0 unspecified atom stereocenters. The summed E-state index contributed by atoms with van der Waals surface area (Å²) in [5, 5.41) is 3.37. The summed E-state index contributed by atoms with van der Waals surface area (Å²) in [5.41, 5.74) is 6.63. The van der Waals surface area contributed by atoms with Crippen molar-refractivity contribution in [3.05, 3.63) is 64.9 Å². The number of hydrogen-bond donors (Lipinski definition) is 2. The number of nitrogens with zero attached hydrogens (tertiary/aromatic N) is 3. The largest absolute Gasteiger partial charge is 0.383 e. The lowest BCUT2D eigenvalue weighted by atomic mass is 10.2. The third-order valence-electron chi connectivity index (χ3n) is 3.26. The van der Waals surface area contributed by atoms with Crippen LogP contribution < -0.4 is 11.1 Å². The molecule has 3 rings (SSSR count). The van der Waals surface area contributed by atoms with E-state index in [0.29, 0.717) is 27.8 Å². The molecule has 2 heterocycles. The number of benzene rings is 1. The van der Waals surface area contributed by atoms with Gasteiger partial charge in [-0.05, 0) is 18.2 Å². The first-order valence-corrected chi connectivity index (χ1v) is 7.33. The minimum Gasteiger partial charge on any atom is -0.383 e. The van der Waals surface area contributed by atoms with Gasteiger partial charge in [0, 0.05) is 30.6 Å². The Labute approximate surface area is 141 Å². The van der Waals surface area contributed by atoms with Crippen LogP contribution in [0.3, 0.4) is 0 Å². The lowest BCUT2D eigenvalue weighted by Gasteiger charge is -2.09. The van der Waals surface area contributed by atoms with E-state index >= 15 is 0 Å². The quantitative estimate of drug-likeness (QED) is 0.753. The molecule has 0 aliphatic carbocycles. The standard InChI is InChI=1S/C16H12ClF2N5/c17-10-5-12(15(20)23-8-10)16-21-4-3-14(24-16)22-7-9-1-2-11(18)6-13(9)19/h1-6,8H,7H2,(H2,20,23)(H,21,22,24). The first-order chi connectivity index (χ1) is 11.5. The molecule has 5 nitrogen and oxygen atoms in total. The third kappa shape index (κ3) is 3.57. The summed E-state index contributed by atoms with van der Waals surface area (Å²) in [6.07, 6.45) is 2.96. The normalized spacial score (nSPS) is 10.6. The summed E-state index contributed by atoms with van der Waals surface area (Å²) in [7, 11) is 0. The van der Waals surface area contributed by atoms with Gasteiger partial charge in [0.1, 0.15) is 23.3 Å². The van der Waals surface area contributed by atoms with Crippen LogP contribution in [0.5, 0.6) is 0 Å². The van der Waals surface area contributed by atoms with Gasteiger partial charge in [-0.15, -0.1) is 0 Å². The molecule has 0 atom stereocenters. The molecule has 24 heavy (non-hydrogen) atoms. The number of hydrogen-bond acceptors (Lipinski definition) is 5. The number of nitrogens with one attached hydrogen (secondary N) is 1. The van der Waals surface area contributed by atoms with E-state index in [1.165, 1.54) is 24.5 Å². The number of nitrogen functional groups attached to an aromatic ring is 1. The summed E-state index contributed by atoms with van der Waals surface area (Å²) in [4.78, 5) is 12.4. The summed E-state index contributed by atoms with van der Waals surface area (Å²) in [6, 6.07) is 6.64. The lowest BCUT2D eigenvalue weighted by molar-refractivity contribution is 0.574. The van der Waals surface area contributed by atoms with Crippen LogP contribution in [0.25, 0.3) is 11.4 Å². The Morgan fingerprint density at radius 1 is 1.12 bits per heavy atom. The molecule has 1 aromatic carbocycles. The van der Waals surface area contributed by atoms with Crippen molar-refractivity contribution in [2.24, 2.45) is 0 Å². The van der Waals surface area contributed by atoms with Crippen LogP contribution in [0, 0.1) is 11.6 Å². The molecule has 0 radical (unpaired) electrons. The highest BCUT2D eigenvalue weighted by atomic mass is 35.5. The van der Waals surface area contributed by atoms with Gasteiger partial charge in [0.15, 0.2) is 5.82 Å². The molecule has 3 aromatic rings. The predicted octanol–water partition coefficient (Wildman–Crippen LogP) is 3.66. The topological polar surface area (TPSA) is 76.7 Å². The van der Waals surface area contributed by atoms with E-state index in [9.17, 15) is 8.78 Å². The monoisotopic (exact) mass is 347 g/mol. The maximum absolute atomic E-state index is 13.6. The van der Waals surface area contributed by atoms with Crippen LogP contribution in [0.2, 0.25) is 5.02 Å². The molecule has 3 N–H and O–H groups in total. The van der Waals surface area contributed by atoms with Crippen LogP contribution in [0.15, 0.2) is 42.7 Å². The molecule has 8 heteroatoms. The Morgan fingerprint density at radius 3 is 2.75 bits per heavy atom. The van der Waals surface area contributed by atoms with Gasteiger partial charge in [-0.1, -0.05) is 17.7 Å². The fourth-order valence-electron chi connectivity index (χ4n) is 2.07. The number of nitrogens with two attached hydrogens (primary N) is 1. The Hall–Kier alpha value is -2.80. The van der Waals surface area contributed by atoms with Crippen molar-refractivity contribution in [2.75, 3.05) is 11.1 Å². The number of rotatable bonds is 4. The second-order valence-electron chi connectivity index (χ2n) is 4.94. The fraction of sp³-hybridized carbons (Fsp3) is 0.0625. The van der Waals surface area contributed by atoms with Crippen LogP contribution in [0.1, 0.15) is 5.56 Å². The van der Waals surface area contributed by atoms with Crippen molar-refractivity contribution in [1.29, 1.82) is 0 Å². The Kier molecular flexibility index (Phi) is 4.52. The highest BCUT2D eigenvalue weighted by Gasteiger charge is 2.09. The zero-order chi connectivity index (χ0) is 17.1. The van der Waals surface area contributed by atoms with E-state index in [-0.39, 0.29) is 12.4 Å². The van der Waals surface area contributed by atoms with E-state index in [2.05, 4.69) is 20.3 Å². The minimum absolute atomic E-state index is 0.145. The molecule has 0 saturated carbocycles. The average molecular weight is 348 g/mol. The molecule has 0 bridgehead atoms. The molecule has 2 aromatic heterocycles. The van der Waals surface area contributed by atoms with Crippen LogP contribution in [-0.2, 0) is 6.54 Å². The second kappa shape index (κ2) is 6.76. The van der Waals surface area contributed by atoms with Crippen LogP contribution in [0.4, 0.5) is 20.4 Å². The number of pyridine rings is 1. The smallest absolute Gasteiger partial charge is 0.165 e. The molecule has 0 saturated heterocycles. The molecule has 122 valence electrons. The predicted molar refractivity (Wildman–Crippen MR) is 88.4 cm³/mol. The maximum atomic E-state index is 13.6. The fourth-order valence-corrected chi connectivity index (χ4v) is 2.22. The van der Waals surface area contributed by atoms with Crippen molar-refractivity contribution < 1.29 is 8.78 Å². The summed E-state index contributed by atoms with van der Waals surface area (Å²) in [5.74, 6) is -0.194. The highest BCUT2D eigenvalue weighted by Crippen LogP contribution is 2.24. The zero-order valence-corrected chi connectivity index (χ0v) is 13.1. The van der Waals surface area contributed by atoms with Crippen molar-refractivity contribution >= 4 is 23.2 Å². The molecule has 0 amide bonds. The third-order valence-corrected chi connectivity index (χ3v) is 3.46. The lowest BCUT2D eigenvalue weighted by Crippen LogP contribution is -2.05. The van der Waals surface area contributed by atoms with Gasteiger partial charge >= 0.3 is 0 Å². The highest BCUT2D eigenvalue weighted by molar-refractivity contribution is 6.30.